The Hall–Kier alpha value is -2.88. The first kappa shape index (κ1) is 15.0. The van der Waals surface area contributed by atoms with Gasteiger partial charge in [-0.15, -0.1) is 0 Å². The Morgan fingerprint density at radius 3 is 2.74 bits per heavy atom. The highest BCUT2D eigenvalue weighted by atomic mass is 16.5. The number of benzene rings is 2. The second-order valence-corrected chi connectivity index (χ2v) is 5.46. The van der Waals surface area contributed by atoms with Gasteiger partial charge >= 0.3 is 0 Å². The number of anilines is 1. The minimum atomic E-state index is 0.759. The summed E-state index contributed by atoms with van der Waals surface area (Å²) >= 11 is 0. The topological polar surface area (TPSA) is 46.5 Å². The summed E-state index contributed by atoms with van der Waals surface area (Å²) in [7, 11) is 1.65. The maximum Gasteiger partial charge on any atom is 0.149 e. The molecule has 116 valence electrons. The Kier molecular flexibility index (Phi) is 4.24. The lowest BCUT2D eigenvalue weighted by Gasteiger charge is -2.07. The number of ether oxygens (including phenoxy) is 1. The minimum absolute atomic E-state index is 0.759. The van der Waals surface area contributed by atoms with E-state index in [0.717, 1.165) is 33.6 Å². The summed E-state index contributed by atoms with van der Waals surface area (Å²) in [5, 5.41) is 5.42. The first-order chi connectivity index (χ1) is 11.2. The third-order valence-corrected chi connectivity index (χ3v) is 3.68. The summed E-state index contributed by atoms with van der Waals surface area (Å²) in [6.45, 7) is 4.08. The smallest absolute Gasteiger partial charge is 0.149 e. The number of hydrogen-bond donors (Lipinski definition) is 1. The van der Waals surface area contributed by atoms with Gasteiger partial charge in [0.15, 0.2) is 0 Å². The van der Waals surface area contributed by atoms with Crippen molar-refractivity contribution in [1.29, 1.82) is 0 Å². The van der Waals surface area contributed by atoms with Crippen molar-refractivity contribution in [3.63, 3.8) is 0 Å². The molecule has 3 aromatic rings. The van der Waals surface area contributed by atoms with Crippen LogP contribution in [0, 0.1) is 13.8 Å². The molecule has 4 nitrogen and oxygen atoms in total. The highest BCUT2D eigenvalue weighted by Gasteiger charge is 2.03. The monoisotopic (exact) mass is 305 g/mol. The van der Waals surface area contributed by atoms with Crippen LogP contribution in [0.25, 0.3) is 10.9 Å². The first-order valence-electron chi connectivity index (χ1n) is 7.47. The van der Waals surface area contributed by atoms with Gasteiger partial charge in [-0.1, -0.05) is 24.3 Å². The Balaban J connectivity index is 1.86. The van der Waals surface area contributed by atoms with Crippen LogP contribution < -0.4 is 10.2 Å². The number of hydrogen-bond acceptors (Lipinski definition) is 4. The third kappa shape index (κ3) is 3.31. The van der Waals surface area contributed by atoms with Gasteiger partial charge in [0.05, 0.1) is 18.8 Å². The van der Waals surface area contributed by atoms with Gasteiger partial charge in [-0.25, -0.2) is 4.98 Å². The van der Waals surface area contributed by atoms with Crippen LogP contribution >= 0.6 is 0 Å². The molecule has 0 bridgehead atoms. The average Bonchev–Trinajstić information content (AvgIpc) is 2.56. The van der Waals surface area contributed by atoms with Crippen molar-refractivity contribution in [2.75, 3.05) is 12.5 Å². The van der Waals surface area contributed by atoms with E-state index in [1.165, 1.54) is 5.56 Å². The number of aromatic nitrogens is 1. The highest BCUT2D eigenvalue weighted by molar-refractivity contribution is 5.85. The predicted molar refractivity (Wildman–Crippen MR) is 95.4 cm³/mol. The number of aryl methyl sites for hydroxylation is 2. The lowest BCUT2D eigenvalue weighted by atomic mass is 10.1. The molecule has 0 radical (unpaired) electrons. The van der Waals surface area contributed by atoms with Gasteiger partial charge in [0, 0.05) is 10.9 Å². The van der Waals surface area contributed by atoms with Crippen LogP contribution in [0.5, 0.6) is 5.75 Å². The summed E-state index contributed by atoms with van der Waals surface area (Å²) in [5.41, 5.74) is 7.15. The SMILES string of the molecule is COc1ccccc1/C=N/Nc1nc2cc(C)ccc2cc1C. The maximum absolute atomic E-state index is 5.31. The van der Waals surface area contributed by atoms with Gasteiger partial charge in [-0.3, -0.25) is 5.43 Å². The molecule has 0 aliphatic heterocycles. The van der Waals surface area contributed by atoms with E-state index in [0.29, 0.717) is 0 Å². The van der Waals surface area contributed by atoms with Gasteiger partial charge in [-0.2, -0.15) is 5.10 Å². The van der Waals surface area contributed by atoms with Crippen LogP contribution in [-0.2, 0) is 0 Å². The number of nitrogens with one attached hydrogen (secondary N) is 1. The molecule has 1 heterocycles. The Bertz CT molecular complexity index is 872. The molecule has 3 rings (SSSR count). The number of methoxy groups -OCH3 is 1. The van der Waals surface area contributed by atoms with Gasteiger partial charge in [0.2, 0.25) is 0 Å². The number of rotatable bonds is 4. The third-order valence-electron chi connectivity index (χ3n) is 3.68. The van der Waals surface area contributed by atoms with Crippen molar-refractivity contribution in [2.45, 2.75) is 13.8 Å². The second-order valence-electron chi connectivity index (χ2n) is 5.46. The van der Waals surface area contributed by atoms with E-state index in [1.807, 2.05) is 31.2 Å². The van der Waals surface area contributed by atoms with Gasteiger partial charge in [0.1, 0.15) is 11.6 Å². The van der Waals surface area contributed by atoms with Crippen molar-refractivity contribution < 1.29 is 4.74 Å². The van der Waals surface area contributed by atoms with Crippen LogP contribution in [0.4, 0.5) is 5.82 Å². The summed E-state index contributed by atoms with van der Waals surface area (Å²) in [4.78, 5) is 4.65. The highest BCUT2D eigenvalue weighted by Crippen LogP contribution is 2.21. The van der Waals surface area contributed by atoms with Crippen molar-refractivity contribution in [1.82, 2.24) is 4.98 Å². The van der Waals surface area contributed by atoms with Gasteiger partial charge in [-0.05, 0) is 49.2 Å². The molecule has 0 saturated heterocycles. The standard InChI is InChI=1S/C19H19N3O/c1-13-8-9-15-11-14(2)19(21-17(15)10-13)22-20-12-16-6-4-5-7-18(16)23-3/h4-12H,1-3H3,(H,21,22)/b20-12+. The Morgan fingerprint density at radius 2 is 1.91 bits per heavy atom. The summed E-state index contributed by atoms with van der Waals surface area (Å²) in [6, 6.07) is 16.1. The van der Waals surface area contributed by atoms with Crippen LogP contribution in [-0.4, -0.2) is 18.3 Å². The van der Waals surface area contributed by atoms with E-state index in [1.54, 1.807) is 13.3 Å². The van der Waals surface area contributed by atoms with E-state index < -0.39 is 0 Å². The molecule has 0 saturated carbocycles. The van der Waals surface area contributed by atoms with Crippen LogP contribution in [0.1, 0.15) is 16.7 Å². The van der Waals surface area contributed by atoms with E-state index in [2.05, 4.69) is 46.7 Å². The summed E-state index contributed by atoms with van der Waals surface area (Å²) in [6.07, 6.45) is 1.74. The maximum atomic E-state index is 5.31. The normalized spacial score (nSPS) is 11.1. The number of fused-ring (bicyclic) bond motifs is 1. The van der Waals surface area contributed by atoms with Crippen LogP contribution in [0.15, 0.2) is 53.6 Å². The molecule has 2 aromatic carbocycles. The van der Waals surface area contributed by atoms with Gasteiger partial charge < -0.3 is 4.74 Å². The number of pyridine rings is 1. The van der Waals surface area contributed by atoms with Crippen molar-refractivity contribution >= 4 is 22.9 Å². The predicted octanol–water partition coefficient (Wildman–Crippen LogP) is 4.31. The molecule has 1 N–H and O–H groups in total. The zero-order chi connectivity index (χ0) is 16.2. The lowest BCUT2D eigenvalue weighted by molar-refractivity contribution is 0.414. The molecule has 23 heavy (non-hydrogen) atoms. The molecular formula is C19H19N3O. The zero-order valence-corrected chi connectivity index (χ0v) is 13.5. The van der Waals surface area contributed by atoms with Gasteiger partial charge in [0.25, 0.3) is 0 Å². The summed E-state index contributed by atoms with van der Waals surface area (Å²) in [5.74, 6) is 1.55. The molecule has 0 unspecified atom stereocenters. The summed E-state index contributed by atoms with van der Waals surface area (Å²) < 4.78 is 5.31. The minimum Gasteiger partial charge on any atom is -0.496 e. The van der Waals surface area contributed by atoms with Crippen LogP contribution in [0.2, 0.25) is 0 Å². The number of nitrogens with zero attached hydrogens (tertiary/aromatic N) is 2. The molecule has 4 heteroatoms. The number of hydrazone groups is 1. The quantitative estimate of drug-likeness (QED) is 0.577. The molecule has 0 amide bonds. The molecule has 1 aromatic heterocycles. The van der Waals surface area contributed by atoms with E-state index in [9.17, 15) is 0 Å². The largest absolute Gasteiger partial charge is 0.496 e. The van der Waals surface area contributed by atoms with Crippen molar-refractivity contribution in [3.05, 3.63) is 65.2 Å². The molecule has 0 spiro atoms. The first-order valence-corrected chi connectivity index (χ1v) is 7.47. The molecule has 0 aliphatic carbocycles. The average molecular weight is 305 g/mol. The fourth-order valence-electron chi connectivity index (χ4n) is 2.43. The number of para-hydroxylation sites is 1. The van der Waals surface area contributed by atoms with E-state index in [-0.39, 0.29) is 0 Å². The van der Waals surface area contributed by atoms with Crippen molar-refractivity contribution in [2.24, 2.45) is 5.10 Å². The van der Waals surface area contributed by atoms with Crippen LogP contribution in [0.3, 0.4) is 0 Å². The second kappa shape index (κ2) is 6.48. The zero-order valence-electron chi connectivity index (χ0n) is 13.5. The lowest BCUT2D eigenvalue weighted by Crippen LogP contribution is -1.98. The Morgan fingerprint density at radius 1 is 1.09 bits per heavy atom. The fourth-order valence-corrected chi connectivity index (χ4v) is 2.43. The van der Waals surface area contributed by atoms with E-state index in [4.69, 9.17) is 4.74 Å². The molecule has 0 fully saturated rings. The molecule has 0 atom stereocenters. The van der Waals surface area contributed by atoms with Crippen molar-refractivity contribution in [3.8, 4) is 5.75 Å². The fraction of sp³-hybridized carbons (Fsp3) is 0.158. The Labute approximate surface area is 135 Å². The van der Waals surface area contributed by atoms with E-state index >= 15 is 0 Å². The molecule has 0 aliphatic rings. The molecular weight excluding hydrogens is 286 g/mol.